The Morgan fingerprint density at radius 3 is 2.73 bits per heavy atom. The molecule has 6 nitrogen and oxygen atoms in total. The van der Waals surface area contributed by atoms with Gasteiger partial charge in [0.2, 0.25) is 0 Å². The maximum absolute atomic E-state index is 11.4. The molecule has 1 N–H and O–H groups in total. The highest BCUT2D eigenvalue weighted by Gasteiger charge is 2.24. The molecule has 0 bridgehead atoms. The number of nitrogens with zero attached hydrogens (tertiary/aromatic N) is 2. The van der Waals surface area contributed by atoms with Crippen LogP contribution in [-0.2, 0) is 28.3 Å². The van der Waals surface area contributed by atoms with Gasteiger partial charge in [-0.15, -0.1) is 11.6 Å². The number of aromatic nitrogens is 2. The second kappa shape index (κ2) is 8.86. The molecule has 9 heteroatoms. The van der Waals surface area contributed by atoms with Crippen molar-refractivity contribution >= 4 is 44.2 Å². The van der Waals surface area contributed by atoms with Gasteiger partial charge in [0.05, 0.1) is 24.2 Å². The van der Waals surface area contributed by atoms with Crippen molar-refractivity contribution in [3.05, 3.63) is 34.8 Å². The molecular formula is C21H25ClN2O4S2. The van der Waals surface area contributed by atoms with Crippen LogP contribution in [0.25, 0.3) is 22.2 Å². The first-order valence-corrected chi connectivity index (χ1v) is 13.0. The van der Waals surface area contributed by atoms with Crippen molar-refractivity contribution in [1.82, 2.24) is 8.94 Å². The Kier molecular flexibility index (Phi) is 6.39. The Morgan fingerprint density at radius 1 is 1.30 bits per heavy atom. The number of para-hydroxylation sites is 1. The standard InChI is InChI=1S/C21H25ClN2O4S2/c1-28-18-9-5-8-15-17(12-24(21(15)18)11-14-6-3-2-4-7-14)20-16(10-22)19(29-23-20)13-30(25,26)27/h5,8-9,12,14H,2-4,6-7,10-11,13H2,1H3,(H,25,26,27). The van der Waals surface area contributed by atoms with Gasteiger partial charge in [-0.1, -0.05) is 31.4 Å². The number of benzene rings is 1. The highest BCUT2D eigenvalue weighted by atomic mass is 35.5. The molecule has 0 aliphatic heterocycles. The summed E-state index contributed by atoms with van der Waals surface area (Å²) < 4.78 is 44.5. The van der Waals surface area contributed by atoms with Gasteiger partial charge >= 0.3 is 0 Å². The van der Waals surface area contributed by atoms with Crippen molar-refractivity contribution in [3.8, 4) is 17.0 Å². The third-order valence-electron chi connectivity index (χ3n) is 5.83. The van der Waals surface area contributed by atoms with E-state index in [9.17, 15) is 13.0 Å². The SMILES string of the molecule is COc1cccc2c(-c3nsc(CS(=O)(=O)O)c3CCl)cn(CC3CCCCC3)c12. The summed E-state index contributed by atoms with van der Waals surface area (Å²) in [5, 5.41) is 1.00. The minimum atomic E-state index is -4.16. The lowest BCUT2D eigenvalue weighted by Gasteiger charge is -2.22. The fourth-order valence-corrected chi connectivity index (χ4v) is 6.66. The van der Waals surface area contributed by atoms with E-state index in [1.807, 2.05) is 18.2 Å². The Bertz CT molecular complexity index is 1150. The lowest BCUT2D eigenvalue weighted by Crippen LogP contribution is -2.13. The van der Waals surface area contributed by atoms with Gasteiger partial charge in [-0.25, -0.2) is 0 Å². The summed E-state index contributed by atoms with van der Waals surface area (Å²) in [5.41, 5.74) is 3.26. The predicted octanol–water partition coefficient (Wildman–Crippen LogP) is 5.48. The smallest absolute Gasteiger partial charge is 0.269 e. The Labute approximate surface area is 185 Å². The number of fused-ring (bicyclic) bond motifs is 1. The molecule has 2 heterocycles. The van der Waals surface area contributed by atoms with E-state index in [0.717, 1.165) is 40.3 Å². The quantitative estimate of drug-likeness (QED) is 0.366. The monoisotopic (exact) mass is 468 g/mol. The van der Waals surface area contributed by atoms with Gasteiger partial charge in [-0.3, -0.25) is 4.55 Å². The molecule has 0 atom stereocenters. The molecule has 0 saturated heterocycles. The van der Waals surface area contributed by atoms with E-state index >= 15 is 0 Å². The maximum atomic E-state index is 11.4. The zero-order chi connectivity index (χ0) is 21.3. The third-order valence-corrected chi connectivity index (χ3v) is 7.82. The van der Waals surface area contributed by atoms with Crippen LogP contribution in [0, 0.1) is 5.92 Å². The van der Waals surface area contributed by atoms with E-state index < -0.39 is 15.9 Å². The molecule has 162 valence electrons. The number of ether oxygens (including phenoxy) is 1. The predicted molar refractivity (Wildman–Crippen MR) is 121 cm³/mol. The molecule has 30 heavy (non-hydrogen) atoms. The van der Waals surface area contributed by atoms with E-state index in [2.05, 4.69) is 15.1 Å². The highest BCUT2D eigenvalue weighted by Crippen LogP contribution is 2.40. The molecule has 0 spiro atoms. The van der Waals surface area contributed by atoms with Crippen LogP contribution in [0.4, 0.5) is 0 Å². The van der Waals surface area contributed by atoms with E-state index in [4.69, 9.17) is 16.3 Å². The molecule has 1 aliphatic rings. The van der Waals surface area contributed by atoms with E-state index in [1.165, 1.54) is 32.1 Å². The first kappa shape index (κ1) is 21.6. The topological polar surface area (TPSA) is 81.4 Å². The highest BCUT2D eigenvalue weighted by molar-refractivity contribution is 7.85. The molecule has 0 amide bonds. The van der Waals surface area contributed by atoms with Gasteiger partial charge in [0.15, 0.2) is 0 Å². The van der Waals surface area contributed by atoms with Crippen LogP contribution in [0.1, 0.15) is 42.5 Å². The van der Waals surface area contributed by atoms with Crippen molar-refractivity contribution in [2.24, 2.45) is 5.92 Å². The number of alkyl halides is 1. The molecular weight excluding hydrogens is 444 g/mol. The maximum Gasteiger partial charge on any atom is 0.269 e. The Balaban J connectivity index is 1.84. The Hall–Kier alpha value is -1.61. The lowest BCUT2D eigenvalue weighted by molar-refractivity contribution is 0.321. The second-order valence-corrected chi connectivity index (χ2v) is 10.4. The van der Waals surface area contributed by atoms with E-state index in [0.29, 0.717) is 22.1 Å². The van der Waals surface area contributed by atoms with Gasteiger partial charge in [0.25, 0.3) is 10.1 Å². The molecule has 3 aromatic rings. The Morgan fingerprint density at radius 2 is 2.07 bits per heavy atom. The van der Waals surface area contributed by atoms with E-state index in [1.54, 1.807) is 7.11 Å². The summed E-state index contributed by atoms with van der Waals surface area (Å²) in [6, 6.07) is 5.93. The lowest BCUT2D eigenvalue weighted by atomic mass is 9.89. The van der Waals surface area contributed by atoms with Gasteiger partial charge in [-0.2, -0.15) is 12.8 Å². The minimum Gasteiger partial charge on any atom is -0.495 e. The van der Waals surface area contributed by atoms with Crippen molar-refractivity contribution < 1.29 is 17.7 Å². The van der Waals surface area contributed by atoms with Crippen molar-refractivity contribution in [3.63, 3.8) is 0 Å². The average molecular weight is 469 g/mol. The summed E-state index contributed by atoms with van der Waals surface area (Å²) in [5.74, 6) is 1.08. The van der Waals surface area contributed by atoms with Gasteiger partial charge < -0.3 is 9.30 Å². The number of halogens is 1. The molecule has 1 saturated carbocycles. The van der Waals surface area contributed by atoms with Crippen LogP contribution in [0.5, 0.6) is 5.75 Å². The summed E-state index contributed by atoms with van der Waals surface area (Å²) in [6.45, 7) is 0.912. The molecule has 1 aliphatic carbocycles. The molecule has 2 aromatic heterocycles. The normalized spacial score (nSPS) is 15.7. The van der Waals surface area contributed by atoms with Crippen LogP contribution >= 0.6 is 23.1 Å². The average Bonchev–Trinajstić information content (AvgIpc) is 3.28. The second-order valence-electron chi connectivity index (χ2n) is 7.85. The minimum absolute atomic E-state index is 0.121. The van der Waals surface area contributed by atoms with Crippen LogP contribution in [0.3, 0.4) is 0 Å². The fraction of sp³-hybridized carbons (Fsp3) is 0.476. The van der Waals surface area contributed by atoms with Gasteiger partial charge in [0.1, 0.15) is 11.5 Å². The van der Waals surface area contributed by atoms with E-state index in [-0.39, 0.29) is 5.88 Å². The molecule has 0 unspecified atom stereocenters. The molecule has 1 aromatic carbocycles. The molecule has 1 fully saturated rings. The zero-order valence-electron chi connectivity index (χ0n) is 16.8. The van der Waals surface area contributed by atoms with Crippen LogP contribution < -0.4 is 4.74 Å². The van der Waals surface area contributed by atoms with Crippen LogP contribution in [-0.4, -0.2) is 29.0 Å². The summed E-state index contributed by atoms with van der Waals surface area (Å²) in [6.07, 6.45) is 8.40. The fourth-order valence-electron chi connectivity index (χ4n) is 4.44. The van der Waals surface area contributed by atoms with Crippen molar-refractivity contribution in [2.45, 2.75) is 50.3 Å². The number of rotatable bonds is 7. The first-order chi connectivity index (χ1) is 14.4. The van der Waals surface area contributed by atoms with Crippen molar-refractivity contribution in [2.75, 3.05) is 7.11 Å². The number of hydrogen-bond donors (Lipinski definition) is 1. The summed E-state index contributed by atoms with van der Waals surface area (Å²) in [4.78, 5) is 0.471. The number of methoxy groups -OCH3 is 1. The summed E-state index contributed by atoms with van der Waals surface area (Å²) >= 11 is 7.26. The van der Waals surface area contributed by atoms with Crippen LogP contribution in [0.15, 0.2) is 24.4 Å². The zero-order valence-corrected chi connectivity index (χ0v) is 19.2. The molecule has 4 rings (SSSR count). The van der Waals surface area contributed by atoms with Gasteiger partial charge in [-0.05, 0) is 36.4 Å². The number of hydrogen-bond acceptors (Lipinski definition) is 5. The molecule has 0 radical (unpaired) electrons. The first-order valence-electron chi connectivity index (χ1n) is 10.1. The summed E-state index contributed by atoms with van der Waals surface area (Å²) in [7, 11) is -2.49. The third kappa shape index (κ3) is 4.37. The largest absolute Gasteiger partial charge is 0.495 e. The van der Waals surface area contributed by atoms with Gasteiger partial charge in [0, 0.05) is 34.1 Å². The van der Waals surface area contributed by atoms with Crippen LogP contribution in [0.2, 0.25) is 0 Å². The van der Waals surface area contributed by atoms with Crippen molar-refractivity contribution in [1.29, 1.82) is 0 Å².